The van der Waals surface area contributed by atoms with Crippen molar-refractivity contribution in [2.75, 3.05) is 6.61 Å². The van der Waals surface area contributed by atoms with E-state index in [2.05, 4.69) is 0 Å². The molecule has 0 aromatic heterocycles. The first-order valence-corrected chi connectivity index (χ1v) is 9.91. The van der Waals surface area contributed by atoms with Gasteiger partial charge in [0.05, 0.1) is 18.1 Å². The van der Waals surface area contributed by atoms with E-state index in [9.17, 15) is 18.6 Å². The zero-order chi connectivity index (χ0) is 19.4. The molecule has 1 heterocycles. The fourth-order valence-corrected chi connectivity index (χ4v) is 3.75. The van der Waals surface area contributed by atoms with E-state index in [1.807, 2.05) is 37.3 Å². The van der Waals surface area contributed by atoms with E-state index in [1.165, 1.54) is 12.1 Å². The predicted molar refractivity (Wildman–Crippen MR) is 96.2 cm³/mol. The van der Waals surface area contributed by atoms with Crippen LogP contribution in [0.3, 0.4) is 0 Å². The molecule has 0 aliphatic carbocycles. The largest absolute Gasteiger partial charge is 0.388 e. The molecule has 3 rings (SSSR count). The van der Waals surface area contributed by atoms with Gasteiger partial charge < -0.3 is 19.7 Å². The van der Waals surface area contributed by atoms with E-state index in [-0.39, 0.29) is 18.1 Å². The van der Waals surface area contributed by atoms with E-state index in [1.54, 1.807) is 12.1 Å². The Morgan fingerprint density at radius 1 is 1.07 bits per heavy atom. The number of hydrogen-bond donors (Lipinski definition) is 2. The first-order chi connectivity index (χ1) is 12.9. The molecule has 0 amide bonds. The van der Waals surface area contributed by atoms with E-state index >= 15 is 0 Å². The Morgan fingerprint density at radius 3 is 2.41 bits per heavy atom. The van der Waals surface area contributed by atoms with Crippen LogP contribution in [-0.2, 0) is 30.4 Å². The lowest BCUT2D eigenvalue weighted by molar-refractivity contribution is -0.266. The summed E-state index contributed by atoms with van der Waals surface area (Å²) in [5.74, 6) is 0. The number of ether oxygens (including phenoxy) is 2. The van der Waals surface area contributed by atoms with Crippen LogP contribution in [0.25, 0.3) is 0 Å². The lowest BCUT2D eigenvalue weighted by Gasteiger charge is -2.37. The van der Waals surface area contributed by atoms with Gasteiger partial charge in [0, 0.05) is 0 Å². The van der Waals surface area contributed by atoms with Gasteiger partial charge in [-0.2, -0.15) is 8.42 Å². The summed E-state index contributed by atoms with van der Waals surface area (Å²) >= 11 is 0. The molecule has 1 aliphatic rings. The molecular weight excluding hydrogens is 372 g/mol. The molecule has 2 aromatic rings. The zero-order valence-corrected chi connectivity index (χ0v) is 15.6. The lowest BCUT2D eigenvalue weighted by atomic mass is 10.1. The first-order valence-electron chi connectivity index (χ1n) is 8.50. The number of rotatable bonds is 6. The van der Waals surface area contributed by atoms with Crippen molar-refractivity contribution in [2.24, 2.45) is 0 Å². The molecule has 2 N–H and O–H groups in total. The normalized spacial score (nSPS) is 26.0. The van der Waals surface area contributed by atoms with Gasteiger partial charge in [0.25, 0.3) is 10.1 Å². The van der Waals surface area contributed by atoms with Crippen LogP contribution in [0.5, 0.6) is 0 Å². The predicted octanol–water partition coefficient (Wildman–Crippen LogP) is 1.36. The summed E-state index contributed by atoms with van der Waals surface area (Å²) in [7, 11) is -4.18. The fourth-order valence-electron chi connectivity index (χ4n) is 2.67. The summed E-state index contributed by atoms with van der Waals surface area (Å²) in [4.78, 5) is -0.0535. The number of hydrogen-bond acceptors (Lipinski definition) is 7. The Kier molecular flexibility index (Phi) is 6.25. The van der Waals surface area contributed by atoms with E-state index in [0.29, 0.717) is 0 Å². The van der Waals surface area contributed by atoms with E-state index < -0.39 is 34.7 Å². The molecule has 0 bridgehead atoms. The van der Waals surface area contributed by atoms with Crippen molar-refractivity contribution in [3.8, 4) is 0 Å². The number of aryl methyl sites for hydroxylation is 1. The van der Waals surface area contributed by atoms with E-state index in [0.717, 1.165) is 11.1 Å². The van der Waals surface area contributed by atoms with Gasteiger partial charge in [0.1, 0.15) is 12.2 Å². The standard InChI is InChI=1S/C19H22O7S/c1-13-7-9-15(10-8-13)27(22,23)26-18-17(21)16(20)12-25-19(18)24-11-14-5-3-2-4-6-14/h2-10,16-21H,11-12H2,1H3/t16-,17-,18-,19+/m0/s1. The Labute approximate surface area is 158 Å². The summed E-state index contributed by atoms with van der Waals surface area (Å²) in [6.07, 6.45) is -5.30. The molecule has 0 spiro atoms. The van der Waals surface area contributed by atoms with Crippen molar-refractivity contribution in [3.63, 3.8) is 0 Å². The summed E-state index contributed by atoms with van der Waals surface area (Å²) < 4.78 is 41.3. The van der Waals surface area contributed by atoms with Crippen molar-refractivity contribution < 1.29 is 32.3 Å². The highest BCUT2D eigenvalue weighted by Gasteiger charge is 2.43. The van der Waals surface area contributed by atoms with Gasteiger partial charge in [-0.25, -0.2) is 0 Å². The van der Waals surface area contributed by atoms with Crippen molar-refractivity contribution in [3.05, 3.63) is 65.7 Å². The molecule has 0 unspecified atom stereocenters. The van der Waals surface area contributed by atoms with Gasteiger partial charge in [-0.05, 0) is 24.6 Å². The van der Waals surface area contributed by atoms with Crippen LogP contribution in [0.1, 0.15) is 11.1 Å². The van der Waals surface area contributed by atoms with Gasteiger partial charge in [-0.15, -0.1) is 0 Å². The number of benzene rings is 2. The summed E-state index contributed by atoms with van der Waals surface area (Å²) in [5.41, 5.74) is 1.75. The third-order valence-electron chi connectivity index (χ3n) is 4.23. The smallest absolute Gasteiger partial charge is 0.297 e. The second-order valence-electron chi connectivity index (χ2n) is 6.38. The minimum Gasteiger partial charge on any atom is -0.388 e. The summed E-state index contributed by atoms with van der Waals surface area (Å²) in [6, 6.07) is 15.3. The fraction of sp³-hybridized carbons (Fsp3) is 0.368. The minimum atomic E-state index is -4.18. The van der Waals surface area contributed by atoms with Crippen LogP contribution in [0, 0.1) is 6.92 Å². The van der Waals surface area contributed by atoms with Gasteiger partial charge in [0.15, 0.2) is 12.4 Å². The maximum Gasteiger partial charge on any atom is 0.297 e. The lowest BCUT2D eigenvalue weighted by Crippen LogP contribution is -2.55. The molecule has 7 nitrogen and oxygen atoms in total. The van der Waals surface area contributed by atoms with Gasteiger partial charge in [0.2, 0.25) is 0 Å². The Bertz CT molecular complexity index is 836. The summed E-state index contributed by atoms with van der Waals surface area (Å²) in [5, 5.41) is 20.1. The average Bonchev–Trinajstić information content (AvgIpc) is 2.66. The number of aliphatic hydroxyl groups is 2. The van der Waals surface area contributed by atoms with Gasteiger partial charge in [-0.3, -0.25) is 4.18 Å². The van der Waals surface area contributed by atoms with Crippen LogP contribution in [0.4, 0.5) is 0 Å². The minimum absolute atomic E-state index is 0.0535. The Morgan fingerprint density at radius 2 is 1.74 bits per heavy atom. The highest BCUT2D eigenvalue weighted by Crippen LogP contribution is 2.25. The SMILES string of the molecule is Cc1ccc(S(=O)(=O)O[C@@H]2[C@H](OCc3ccccc3)OC[C@H](O)[C@@H]2O)cc1. The van der Waals surface area contributed by atoms with Crippen molar-refractivity contribution in [2.45, 2.75) is 43.0 Å². The summed E-state index contributed by atoms with van der Waals surface area (Å²) in [6.45, 7) is 1.78. The van der Waals surface area contributed by atoms with Crippen LogP contribution in [0.2, 0.25) is 0 Å². The molecule has 27 heavy (non-hydrogen) atoms. The second kappa shape index (κ2) is 8.47. The van der Waals surface area contributed by atoms with Crippen LogP contribution < -0.4 is 0 Å². The second-order valence-corrected chi connectivity index (χ2v) is 7.96. The van der Waals surface area contributed by atoms with E-state index in [4.69, 9.17) is 13.7 Å². The average molecular weight is 394 g/mol. The maximum atomic E-state index is 12.6. The topological polar surface area (TPSA) is 102 Å². The molecule has 0 saturated carbocycles. The molecule has 1 aliphatic heterocycles. The van der Waals surface area contributed by atoms with Crippen LogP contribution >= 0.6 is 0 Å². The molecule has 146 valence electrons. The van der Waals surface area contributed by atoms with Crippen LogP contribution in [0.15, 0.2) is 59.5 Å². The highest BCUT2D eigenvalue weighted by atomic mass is 32.2. The Hall–Kier alpha value is -1.81. The quantitative estimate of drug-likeness (QED) is 0.713. The van der Waals surface area contributed by atoms with Crippen molar-refractivity contribution >= 4 is 10.1 Å². The maximum absolute atomic E-state index is 12.6. The molecule has 2 aromatic carbocycles. The number of aliphatic hydroxyl groups excluding tert-OH is 2. The van der Waals surface area contributed by atoms with Crippen molar-refractivity contribution in [1.29, 1.82) is 0 Å². The molecule has 1 saturated heterocycles. The Balaban J connectivity index is 1.76. The molecule has 1 fully saturated rings. The van der Waals surface area contributed by atoms with Crippen molar-refractivity contribution in [1.82, 2.24) is 0 Å². The molecule has 0 radical (unpaired) electrons. The third-order valence-corrected chi connectivity index (χ3v) is 5.56. The monoisotopic (exact) mass is 394 g/mol. The highest BCUT2D eigenvalue weighted by molar-refractivity contribution is 7.86. The van der Waals surface area contributed by atoms with Gasteiger partial charge in [-0.1, -0.05) is 48.0 Å². The molecule has 4 atom stereocenters. The van der Waals surface area contributed by atoms with Gasteiger partial charge >= 0.3 is 0 Å². The molecular formula is C19H22O7S. The zero-order valence-electron chi connectivity index (χ0n) is 14.8. The third kappa shape index (κ3) is 4.92. The van der Waals surface area contributed by atoms with Crippen LogP contribution in [-0.4, -0.2) is 49.8 Å². The first kappa shape index (κ1) is 19.9. The molecule has 8 heteroatoms.